The Morgan fingerprint density at radius 1 is 1.30 bits per heavy atom. The number of hydrogen-bond donors (Lipinski definition) is 2. The average Bonchev–Trinajstić information content (AvgIpc) is 2.34. The number of benzene rings is 1. The Balaban J connectivity index is 2.44. The summed E-state index contributed by atoms with van der Waals surface area (Å²) in [6, 6.07) is 6.47. The Hall–Kier alpha value is -1.55. The third-order valence-electron chi connectivity index (χ3n) is 3.77. The monoisotopic (exact) mass is 277 g/mol. The number of carbonyl (C=O) groups is 1. The molecular formula is C16H27N3O. The molecule has 20 heavy (non-hydrogen) atoms. The molecule has 0 saturated heterocycles. The standard InChI is InChI=1S/C16H27N3O/c1-12-7-8-14(13(2)11-12)19(4)10-6-5-9-16(3,18)15(17)20/h7-8,11H,5-6,9-10,18H2,1-4H3,(H2,17,20). The van der Waals surface area contributed by atoms with Gasteiger partial charge < -0.3 is 16.4 Å². The van der Waals surface area contributed by atoms with E-state index in [9.17, 15) is 4.79 Å². The maximum absolute atomic E-state index is 11.1. The lowest BCUT2D eigenvalue weighted by Gasteiger charge is -2.23. The second-order valence-corrected chi connectivity index (χ2v) is 5.95. The van der Waals surface area contributed by atoms with Crippen molar-refractivity contribution >= 4 is 11.6 Å². The van der Waals surface area contributed by atoms with E-state index in [4.69, 9.17) is 11.5 Å². The van der Waals surface area contributed by atoms with Crippen LogP contribution in [0.3, 0.4) is 0 Å². The number of hydrogen-bond acceptors (Lipinski definition) is 3. The highest BCUT2D eigenvalue weighted by Gasteiger charge is 2.24. The fourth-order valence-electron chi connectivity index (χ4n) is 2.32. The molecular weight excluding hydrogens is 250 g/mol. The van der Waals surface area contributed by atoms with E-state index in [2.05, 4.69) is 44.0 Å². The van der Waals surface area contributed by atoms with Crippen molar-refractivity contribution in [1.82, 2.24) is 0 Å². The maximum atomic E-state index is 11.1. The van der Waals surface area contributed by atoms with Gasteiger partial charge in [-0.3, -0.25) is 4.79 Å². The van der Waals surface area contributed by atoms with Crippen molar-refractivity contribution in [2.45, 2.75) is 45.6 Å². The van der Waals surface area contributed by atoms with Gasteiger partial charge in [0.2, 0.25) is 5.91 Å². The van der Waals surface area contributed by atoms with E-state index in [-0.39, 0.29) is 0 Å². The van der Waals surface area contributed by atoms with Gasteiger partial charge in [0.1, 0.15) is 0 Å². The van der Waals surface area contributed by atoms with Crippen LogP contribution in [0, 0.1) is 13.8 Å². The summed E-state index contributed by atoms with van der Waals surface area (Å²) in [5.74, 6) is -0.430. The van der Waals surface area contributed by atoms with Gasteiger partial charge in [-0.05, 0) is 51.7 Å². The Bertz CT molecular complexity index is 469. The molecule has 0 aliphatic heterocycles. The van der Waals surface area contributed by atoms with Crippen LogP contribution in [0.15, 0.2) is 18.2 Å². The predicted octanol–water partition coefficient (Wildman–Crippen LogP) is 2.11. The summed E-state index contributed by atoms with van der Waals surface area (Å²) in [7, 11) is 2.09. The maximum Gasteiger partial charge on any atom is 0.237 e. The molecule has 4 N–H and O–H groups in total. The summed E-state index contributed by atoms with van der Waals surface area (Å²) in [4.78, 5) is 13.4. The van der Waals surface area contributed by atoms with Gasteiger partial charge in [0.15, 0.2) is 0 Å². The van der Waals surface area contributed by atoms with Gasteiger partial charge in [-0.2, -0.15) is 0 Å². The summed E-state index contributed by atoms with van der Waals surface area (Å²) in [5.41, 5.74) is 14.0. The van der Waals surface area contributed by atoms with Crippen LogP contribution >= 0.6 is 0 Å². The Morgan fingerprint density at radius 2 is 1.95 bits per heavy atom. The SMILES string of the molecule is Cc1ccc(N(C)CCCCC(C)(N)C(N)=O)c(C)c1. The zero-order chi connectivity index (χ0) is 15.3. The van der Waals surface area contributed by atoms with E-state index in [1.54, 1.807) is 6.92 Å². The molecule has 0 aliphatic rings. The lowest BCUT2D eigenvalue weighted by atomic mass is 9.95. The number of nitrogens with two attached hydrogens (primary N) is 2. The smallest absolute Gasteiger partial charge is 0.237 e. The molecule has 1 atom stereocenters. The first-order chi connectivity index (χ1) is 9.24. The minimum Gasteiger partial charge on any atom is -0.374 e. The van der Waals surface area contributed by atoms with Crippen molar-refractivity contribution in [1.29, 1.82) is 0 Å². The summed E-state index contributed by atoms with van der Waals surface area (Å²) in [6.07, 6.45) is 2.51. The van der Waals surface area contributed by atoms with Crippen molar-refractivity contribution in [3.63, 3.8) is 0 Å². The first kappa shape index (κ1) is 16.5. The van der Waals surface area contributed by atoms with E-state index in [0.29, 0.717) is 6.42 Å². The van der Waals surface area contributed by atoms with Crippen LogP contribution in [0.25, 0.3) is 0 Å². The number of anilines is 1. The quantitative estimate of drug-likeness (QED) is 0.750. The first-order valence-corrected chi connectivity index (χ1v) is 7.11. The average molecular weight is 277 g/mol. The van der Waals surface area contributed by atoms with Crippen LogP contribution in [0.2, 0.25) is 0 Å². The fourth-order valence-corrected chi connectivity index (χ4v) is 2.32. The van der Waals surface area contributed by atoms with E-state index in [1.807, 2.05) is 0 Å². The number of carbonyl (C=O) groups excluding carboxylic acids is 1. The van der Waals surface area contributed by atoms with E-state index < -0.39 is 11.4 Å². The Morgan fingerprint density at radius 3 is 2.50 bits per heavy atom. The molecule has 0 fully saturated rings. The van der Waals surface area contributed by atoms with Crippen molar-refractivity contribution in [3.8, 4) is 0 Å². The molecule has 0 saturated carbocycles. The highest BCUT2D eigenvalue weighted by atomic mass is 16.1. The van der Waals surface area contributed by atoms with Crippen LogP contribution in [-0.2, 0) is 4.79 Å². The van der Waals surface area contributed by atoms with E-state index >= 15 is 0 Å². The molecule has 0 aromatic heterocycles. The number of unbranched alkanes of at least 4 members (excludes halogenated alkanes) is 1. The number of nitrogens with zero attached hydrogens (tertiary/aromatic N) is 1. The molecule has 0 bridgehead atoms. The van der Waals surface area contributed by atoms with Gasteiger partial charge in [0.05, 0.1) is 5.54 Å². The lowest BCUT2D eigenvalue weighted by molar-refractivity contribution is -0.122. The van der Waals surface area contributed by atoms with Crippen molar-refractivity contribution in [3.05, 3.63) is 29.3 Å². The molecule has 1 rings (SSSR count). The molecule has 112 valence electrons. The summed E-state index contributed by atoms with van der Waals surface area (Å²) in [5, 5.41) is 0. The third-order valence-corrected chi connectivity index (χ3v) is 3.77. The Kier molecular flexibility index (Phi) is 5.57. The minimum absolute atomic E-state index is 0.430. The first-order valence-electron chi connectivity index (χ1n) is 7.11. The van der Waals surface area contributed by atoms with Gasteiger partial charge in [-0.25, -0.2) is 0 Å². The van der Waals surface area contributed by atoms with Crippen LogP contribution in [0.1, 0.15) is 37.3 Å². The van der Waals surface area contributed by atoms with Crippen molar-refractivity contribution in [2.75, 3.05) is 18.5 Å². The fraction of sp³-hybridized carbons (Fsp3) is 0.562. The van der Waals surface area contributed by atoms with Gasteiger partial charge in [-0.15, -0.1) is 0 Å². The lowest BCUT2D eigenvalue weighted by Crippen LogP contribution is -2.49. The molecule has 1 aromatic rings. The zero-order valence-corrected chi connectivity index (χ0v) is 13.1. The van der Waals surface area contributed by atoms with Gasteiger partial charge in [0, 0.05) is 19.3 Å². The summed E-state index contributed by atoms with van der Waals surface area (Å²) in [6.45, 7) is 6.87. The number of rotatable bonds is 7. The molecule has 4 heteroatoms. The number of amides is 1. The largest absolute Gasteiger partial charge is 0.374 e. The van der Waals surface area contributed by atoms with Crippen LogP contribution in [-0.4, -0.2) is 25.0 Å². The topological polar surface area (TPSA) is 72.3 Å². The van der Waals surface area contributed by atoms with E-state index in [0.717, 1.165) is 19.4 Å². The Labute approximate surface area is 122 Å². The molecule has 1 amide bonds. The highest BCUT2D eigenvalue weighted by molar-refractivity contribution is 5.83. The number of primary amides is 1. The molecule has 0 spiro atoms. The van der Waals surface area contributed by atoms with Gasteiger partial charge in [0.25, 0.3) is 0 Å². The van der Waals surface area contributed by atoms with E-state index in [1.165, 1.54) is 16.8 Å². The van der Waals surface area contributed by atoms with Crippen molar-refractivity contribution < 1.29 is 4.79 Å². The molecule has 0 aliphatic carbocycles. The van der Waals surface area contributed by atoms with Crippen molar-refractivity contribution in [2.24, 2.45) is 11.5 Å². The molecule has 4 nitrogen and oxygen atoms in total. The number of aryl methyl sites for hydroxylation is 2. The second-order valence-electron chi connectivity index (χ2n) is 5.95. The normalized spacial score (nSPS) is 13.8. The van der Waals surface area contributed by atoms with Crippen LogP contribution < -0.4 is 16.4 Å². The second kappa shape index (κ2) is 6.75. The minimum atomic E-state index is -0.891. The summed E-state index contributed by atoms with van der Waals surface area (Å²) >= 11 is 0. The van der Waals surface area contributed by atoms with Gasteiger partial charge >= 0.3 is 0 Å². The predicted molar refractivity (Wildman–Crippen MR) is 84.8 cm³/mol. The zero-order valence-electron chi connectivity index (χ0n) is 13.1. The van der Waals surface area contributed by atoms with Gasteiger partial charge in [-0.1, -0.05) is 17.7 Å². The summed E-state index contributed by atoms with van der Waals surface area (Å²) < 4.78 is 0. The molecule has 0 radical (unpaired) electrons. The molecule has 1 aromatic carbocycles. The molecule has 1 unspecified atom stereocenters. The van der Waals surface area contributed by atoms with Crippen LogP contribution in [0.5, 0.6) is 0 Å². The third kappa shape index (κ3) is 4.53. The highest BCUT2D eigenvalue weighted by Crippen LogP contribution is 2.20. The molecule has 0 heterocycles. The van der Waals surface area contributed by atoms with Crippen LogP contribution in [0.4, 0.5) is 5.69 Å².